The highest BCUT2D eigenvalue weighted by molar-refractivity contribution is 5.69. The molecule has 2 heteroatoms. The van der Waals surface area contributed by atoms with Gasteiger partial charge in [-0.1, -0.05) is 24.3 Å². The van der Waals surface area contributed by atoms with Gasteiger partial charge in [-0.05, 0) is 37.0 Å². The quantitative estimate of drug-likeness (QED) is 0.591. The molecule has 0 heterocycles. The molecular weight excluding hydrogens is 188 g/mol. The maximum absolute atomic E-state index is 11.3. The molecule has 1 aliphatic carbocycles. The second-order valence-electron chi connectivity index (χ2n) is 4.04. The molecule has 2 rings (SSSR count). The van der Waals surface area contributed by atoms with Crippen molar-refractivity contribution in [2.75, 3.05) is 0 Å². The SMILES string of the molecule is O=CC1(c2ccc(O)cc2)CC=CCC1. The van der Waals surface area contributed by atoms with E-state index in [9.17, 15) is 9.90 Å². The van der Waals surface area contributed by atoms with Crippen molar-refractivity contribution < 1.29 is 9.90 Å². The Morgan fingerprint density at radius 1 is 1.20 bits per heavy atom. The molecular formula is C13H14O2. The number of benzene rings is 1. The fourth-order valence-electron chi connectivity index (χ4n) is 2.09. The topological polar surface area (TPSA) is 37.3 Å². The number of hydrogen-bond donors (Lipinski definition) is 1. The van der Waals surface area contributed by atoms with Crippen molar-refractivity contribution >= 4 is 6.29 Å². The number of carbonyl (C=O) groups excluding carboxylic acids is 1. The average Bonchev–Trinajstić information content (AvgIpc) is 2.31. The highest BCUT2D eigenvalue weighted by Crippen LogP contribution is 2.35. The van der Waals surface area contributed by atoms with Crippen LogP contribution in [0.3, 0.4) is 0 Å². The minimum Gasteiger partial charge on any atom is -0.508 e. The van der Waals surface area contributed by atoms with Crippen molar-refractivity contribution in [1.29, 1.82) is 0 Å². The van der Waals surface area contributed by atoms with Gasteiger partial charge in [-0.3, -0.25) is 0 Å². The lowest BCUT2D eigenvalue weighted by molar-refractivity contribution is -0.112. The van der Waals surface area contributed by atoms with Crippen LogP contribution >= 0.6 is 0 Å². The summed E-state index contributed by atoms with van der Waals surface area (Å²) in [7, 11) is 0. The van der Waals surface area contributed by atoms with Crippen LogP contribution in [0.25, 0.3) is 0 Å². The van der Waals surface area contributed by atoms with E-state index in [0.29, 0.717) is 0 Å². The van der Waals surface area contributed by atoms with Crippen molar-refractivity contribution in [2.24, 2.45) is 0 Å². The first-order valence-corrected chi connectivity index (χ1v) is 5.18. The van der Waals surface area contributed by atoms with Crippen molar-refractivity contribution in [3.63, 3.8) is 0 Å². The van der Waals surface area contributed by atoms with E-state index in [1.54, 1.807) is 12.1 Å². The minimum absolute atomic E-state index is 0.242. The van der Waals surface area contributed by atoms with Gasteiger partial charge in [0.1, 0.15) is 12.0 Å². The van der Waals surface area contributed by atoms with Gasteiger partial charge in [-0.15, -0.1) is 0 Å². The molecule has 1 aromatic carbocycles. The van der Waals surface area contributed by atoms with Crippen LogP contribution in [0.2, 0.25) is 0 Å². The molecule has 78 valence electrons. The zero-order valence-electron chi connectivity index (χ0n) is 8.52. The first-order valence-electron chi connectivity index (χ1n) is 5.18. The lowest BCUT2D eigenvalue weighted by Gasteiger charge is -2.29. The van der Waals surface area contributed by atoms with Gasteiger partial charge >= 0.3 is 0 Å². The standard InChI is InChI=1S/C13H14O2/c14-10-13(8-2-1-3-9-13)11-4-6-12(15)7-5-11/h1-2,4-7,10,15H,3,8-9H2. The molecule has 1 aromatic rings. The molecule has 0 radical (unpaired) electrons. The summed E-state index contributed by atoms with van der Waals surface area (Å²) in [6.07, 6.45) is 7.79. The van der Waals surface area contributed by atoms with Crippen LogP contribution in [0.4, 0.5) is 0 Å². The van der Waals surface area contributed by atoms with Crippen LogP contribution in [0.15, 0.2) is 36.4 Å². The third kappa shape index (κ3) is 1.80. The second-order valence-corrected chi connectivity index (χ2v) is 4.04. The number of aldehydes is 1. The monoisotopic (exact) mass is 202 g/mol. The summed E-state index contributed by atoms with van der Waals surface area (Å²) in [5.41, 5.74) is 0.627. The third-order valence-corrected chi connectivity index (χ3v) is 3.07. The van der Waals surface area contributed by atoms with Gasteiger partial charge in [-0.25, -0.2) is 0 Å². The first-order chi connectivity index (χ1) is 7.27. The smallest absolute Gasteiger partial charge is 0.130 e. The van der Waals surface area contributed by atoms with Gasteiger partial charge in [0, 0.05) is 0 Å². The van der Waals surface area contributed by atoms with Crippen molar-refractivity contribution in [3.8, 4) is 5.75 Å². The van der Waals surface area contributed by atoms with Crippen molar-refractivity contribution in [3.05, 3.63) is 42.0 Å². The van der Waals surface area contributed by atoms with E-state index in [1.807, 2.05) is 12.1 Å². The first kappa shape index (κ1) is 9.97. The van der Waals surface area contributed by atoms with Gasteiger partial charge in [0.05, 0.1) is 5.41 Å². The van der Waals surface area contributed by atoms with Crippen LogP contribution < -0.4 is 0 Å². The van der Waals surface area contributed by atoms with E-state index in [0.717, 1.165) is 31.1 Å². The molecule has 1 atom stereocenters. The molecule has 2 nitrogen and oxygen atoms in total. The van der Waals surface area contributed by atoms with Crippen LogP contribution in [0, 0.1) is 0 Å². The van der Waals surface area contributed by atoms with Crippen LogP contribution in [0.1, 0.15) is 24.8 Å². The molecule has 1 unspecified atom stereocenters. The Hall–Kier alpha value is -1.57. The lowest BCUT2D eigenvalue weighted by atomic mass is 9.73. The normalized spacial score (nSPS) is 25.1. The minimum atomic E-state index is -0.373. The molecule has 0 aliphatic heterocycles. The predicted molar refractivity (Wildman–Crippen MR) is 58.8 cm³/mol. The van der Waals surface area contributed by atoms with Gasteiger partial charge in [-0.2, -0.15) is 0 Å². The Bertz CT molecular complexity index is 378. The summed E-state index contributed by atoms with van der Waals surface area (Å²) in [6.45, 7) is 0. The number of rotatable bonds is 2. The fraction of sp³-hybridized carbons (Fsp3) is 0.308. The van der Waals surface area contributed by atoms with Crippen LogP contribution in [-0.2, 0) is 10.2 Å². The zero-order chi connectivity index (χ0) is 10.7. The summed E-state index contributed by atoms with van der Waals surface area (Å²) in [6, 6.07) is 6.95. The van der Waals surface area contributed by atoms with Gasteiger partial charge in [0.25, 0.3) is 0 Å². The van der Waals surface area contributed by atoms with E-state index in [1.165, 1.54) is 0 Å². The van der Waals surface area contributed by atoms with Crippen LogP contribution in [-0.4, -0.2) is 11.4 Å². The van der Waals surface area contributed by atoms with Crippen LogP contribution in [0.5, 0.6) is 5.75 Å². The van der Waals surface area contributed by atoms with Gasteiger partial charge in [0.2, 0.25) is 0 Å². The van der Waals surface area contributed by atoms with Crippen molar-refractivity contribution in [2.45, 2.75) is 24.7 Å². The summed E-state index contributed by atoms with van der Waals surface area (Å²) in [4.78, 5) is 11.3. The van der Waals surface area contributed by atoms with E-state index >= 15 is 0 Å². The summed E-state index contributed by atoms with van der Waals surface area (Å²) in [5, 5.41) is 9.21. The molecule has 0 saturated carbocycles. The Morgan fingerprint density at radius 3 is 2.47 bits per heavy atom. The predicted octanol–water partition coefficient (Wildman–Crippen LogP) is 2.57. The highest BCUT2D eigenvalue weighted by atomic mass is 16.3. The molecule has 1 aliphatic rings. The molecule has 1 N–H and O–H groups in total. The number of hydrogen-bond acceptors (Lipinski definition) is 2. The average molecular weight is 202 g/mol. The second kappa shape index (κ2) is 3.89. The summed E-state index contributed by atoms with van der Waals surface area (Å²) < 4.78 is 0. The number of phenols is 1. The molecule has 0 aromatic heterocycles. The van der Waals surface area contributed by atoms with E-state index < -0.39 is 0 Å². The largest absolute Gasteiger partial charge is 0.508 e. The Kier molecular flexibility index (Phi) is 2.58. The van der Waals surface area contributed by atoms with E-state index in [2.05, 4.69) is 12.2 Å². The van der Waals surface area contributed by atoms with Crippen molar-refractivity contribution in [1.82, 2.24) is 0 Å². The molecule has 0 spiro atoms. The number of aromatic hydroxyl groups is 1. The van der Waals surface area contributed by atoms with E-state index in [4.69, 9.17) is 0 Å². The number of allylic oxidation sites excluding steroid dienone is 2. The molecule has 0 fully saturated rings. The molecule has 0 amide bonds. The lowest BCUT2D eigenvalue weighted by Crippen LogP contribution is -2.28. The zero-order valence-corrected chi connectivity index (χ0v) is 8.52. The Balaban J connectivity index is 2.37. The Morgan fingerprint density at radius 2 is 1.93 bits per heavy atom. The number of phenolic OH excluding ortho intramolecular Hbond substituents is 1. The van der Waals surface area contributed by atoms with Gasteiger partial charge in [0.15, 0.2) is 0 Å². The molecule has 15 heavy (non-hydrogen) atoms. The fourth-order valence-corrected chi connectivity index (χ4v) is 2.09. The van der Waals surface area contributed by atoms with E-state index in [-0.39, 0.29) is 11.2 Å². The van der Waals surface area contributed by atoms with Gasteiger partial charge < -0.3 is 9.90 Å². The molecule has 0 saturated heterocycles. The number of carbonyl (C=O) groups is 1. The third-order valence-electron chi connectivity index (χ3n) is 3.07. The maximum atomic E-state index is 11.3. The maximum Gasteiger partial charge on any atom is 0.130 e. The Labute approximate surface area is 89.2 Å². The highest BCUT2D eigenvalue weighted by Gasteiger charge is 2.31. The summed E-state index contributed by atoms with van der Waals surface area (Å²) >= 11 is 0. The summed E-state index contributed by atoms with van der Waals surface area (Å²) in [5.74, 6) is 0.242. The molecule has 0 bridgehead atoms.